The van der Waals surface area contributed by atoms with Crippen molar-refractivity contribution < 1.29 is 14.0 Å². The van der Waals surface area contributed by atoms with Gasteiger partial charge in [-0.1, -0.05) is 62.7 Å². The maximum absolute atomic E-state index is 13.5. The van der Waals surface area contributed by atoms with Crippen LogP contribution in [0.25, 0.3) is 5.57 Å². The van der Waals surface area contributed by atoms with Crippen LogP contribution in [0.5, 0.6) is 0 Å². The first kappa shape index (κ1) is 22.7. The number of carbonyl (C=O) groups is 2. The zero-order valence-corrected chi connectivity index (χ0v) is 19.6. The van der Waals surface area contributed by atoms with E-state index < -0.39 is 17.6 Å². The molecule has 0 fully saturated rings. The van der Waals surface area contributed by atoms with Gasteiger partial charge < -0.3 is 5.32 Å². The molecule has 4 rings (SSSR count). The summed E-state index contributed by atoms with van der Waals surface area (Å²) in [6, 6.07) is 18.2. The number of amides is 2. The second kappa shape index (κ2) is 8.49. The Morgan fingerprint density at radius 3 is 2.09 bits per heavy atom. The highest BCUT2D eigenvalue weighted by molar-refractivity contribution is 6.46. The summed E-state index contributed by atoms with van der Waals surface area (Å²) in [6.07, 6.45) is 0. The number of benzene rings is 3. The predicted octanol–water partition coefficient (Wildman–Crippen LogP) is 6.48. The van der Waals surface area contributed by atoms with Gasteiger partial charge in [0.2, 0.25) is 0 Å². The van der Waals surface area contributed by atoms with Gasteiger partial charge in [-0.25, -0.2) is 9.29 Å². The second-order valence-electron chi connectivity index (χ2n) is 9.09. The molecule has 0 aliphatic carbocycles. The molecule has 1 N–H and O–H groups in total. The zero-order chi connectivity index (χ0) is 23.9. The lowest BCUT2D eigenvalue weighted by Crippen LogP contribution is -2.32. The van der Waals surface area contributed by atoms with Crippen LogP contribution < -0.4 is 10.2 Å². The van der Waals surface area contributed by atoms with Crippen LogP contribution in [-0.2, 0) is 15.0 Å². The van der Waals surface area contributed by atoms with Crippen LogP contribution in [0.15, 0.2) is 72.4 Å². The fourth-order valence-corrected chi connectivity index (χ4v) is 3.87. The molecule has 1 aliphatic heterocycles. The summed E-state index contributed by atoms with van der Waals surface area (Å²) in [5.41, 5.74) is 3.70. The van der Waals surface area contributed by atoms with Crippen LogP contribution in [0, 0.1) is 12.7 Å². The molecule has 0 saturated carbocycles. The summed E-state index contributed by atoms with van der Waals surface area (Å²) in [5.74, 6) is -1.39. The molecule has 1 aliphatic rings. The molecule has 0 spiro atoms. The van der Waals surface area contributed by atoms with E-state index in [4.69, 9.17) is 11.6 Å². The highest BCUT2D eigenvalue weighted by Gasteiger charge is 2.40. The molecule has 4 nitrogen and oxygen atoms in total. The van der Waals surface area contributed by atoms with Crippen molar-refractivity contribution in [1.29, 1.82) is 0 Å². The third-order valence-corrected chi connectivity index (χ3v) is 6.06. The first-order valence-corrected chi connectivity index (χ1v) is 11.0. The summed E-state index contributed by atoms with van der Waals surface area (Å²) in [6.45, 7) is 8.16. The molecule has 0 bridgehead atoms. The molecule has 1 heterocycles. The van der Waals surface area contributed by atoms with Gasteiger partial charge in [0.05, 0.1) is 11.3 Å². The lowest BCUT2D eigenvalue weighted by atomic mass is 9.87. The Morgan fingerprint density at radius 1 is 0.879 bits per heavy atom. The number of carbonyl (C=O) groups excluding carboxylic acids is 2. The quantitative estimate of drug-likeness (QED) is 0.451. The number of anilines is 2. The molecule has 0 radical (unpaired) electrons. The third-order valence-electron chi connectivity index (χ3n) is 5.65. The lowest BCUT2D eigenvalue weighted by molar-refractivity contribution is -0.120. The van der Waals surface area contributed by atoms with Gasteiger partial charge in [0.1, 0.15) is 11.5 Å². The van der Waals surface area contributed by atoms with E-state index in [0.717, 1.165) is 16.0 Å². The van der Waals surface area contributed by atoms with Gasteiger partial charge >= 0.3 is 0 Å². The number of halogens is 2. The Labute approximate surface area is 197 Å². The standard InChI is InChI=1S/C27H24ClFN2O2/c1-16-5-12-20(15-22(16)28)30-24-23(17-6-10-19(29)11-7-17)25(32)31(26(24)33)21-13-8-18(9-14-21)27(2,3)4/h5-15,30H,1-4H3. The molecule has 3 aromatic rings. The largest absolute Gasteiger partial charge is 0.350 e. The van der Waals surface area contributed by atoms with Crippen molar-refractivity contribution in [2.45, 2.75) is 33.1 Å². The van der Waals surface area contributed by atoms with Crippen molar-refractivity contribution in [3.63, 3.8) is 0 Å². The first-order chi connectivity index (χ1) is 15.6. The van der Waals surface area contributed by atoms with E-state index in [1.54, 1.807) is 24.3 Å². The van der Waals surface area contributed by atoms with Gasteiger partial charge in [-0.15, -0.1) is 0 Å². The van der Waals surface area contributed by atoms with E-state index in [1.165, 1.54) is 24.3 Å². The van der Waals surface area contributed by atoms with E-state index in [9.17, 15) is 14.0 Å². The first-order valence-electron chi connectivity index (χ1n) is 10.6. The number of imide groups is 1. The normalized spacial score (nSPS) is 14.3. The van der Waals surface area contributed by atoms with Gasteiger partial charge in [0, 0.05) is 10.7 Å². The van der Waals surface area contributed by atoms with E-state index in [-0.39, 0.29) is 16.7 Å². The number of aryl methyl sites for hydroxylation is 1. The van der Waals surface area contributed by atoms with Crippen LogP contribution in [0.2, 0.25) is 5.02 Å². The van der Waals surface area contributed by atoms with Gasteiger partial charge in [0.15, 0.2) is 0 Å². The van der Waals surface area contributed by atoms with Gasteiger partial charge in [0.25, 0.3) is 11.8 Å². The molecule has 0 saturated heterocycles. The lowest BCUT2D eigenvalue weighted by Gasteiger charge is -2.21. The van der Waals surface area contributed by atoms with Crippen LogP contribution >= 0.6 is 11.6 Å². The molecular formula is C27H24ClFN2O2. The highest BCUT2D eigenvalue weighted by atomic mass is 35.5. The molecule has 0 aromatic heterocycles. The van der Waals surface area contributed by atoms with E-state index in [0.29, 0.717) is 22.0 Å². The number of rotatable bonds is 4. The fourth-order valence-electron chi connectivity index (χ4n) is 3.69. The number of hydrogen-bond acceptors (Lipinski definition) is 3. The van der Waals surface area contributed by atoms with Crippen molar-refractivity contribution >= 4 is 40.4 Å². The number of hydrogen-bond donors (Lipinski definition) is 1. The molecule has 0 unspecified atom stereocenters. The highest BCUT2D eigenvalue weighted by Crippen LogP contribution is 2.35. The molecule has 3 aromatic carbocycles. The van der Waals surface area contributed by atoms with E-state index in [2.05, 4.69) is 26.1 Å². The molecular weight excluding hydrogens is 439 g/mol. The summed E-state index contributed by atoms with van der Waals surface area (Å²) in [7, 11) is 0. The Balaban J connectivity index is 1.78. The SMILES string of the molecule is Cc1ccc(NC2=C(c3ccc(F)cc3)C(=O)N(c3ccc(C(C)(C)C)cc3)C2=O)cc1Cl. The Kier molecular flexibility index (Phi) is 5.85. The Bertz CT molecular complexity index is 1270. The third kappa shape index (κ3) is 4.41. The number of nitrogens with zero attached hydrogens (tertiary/aromatic N) is 1. The molecule has 0 atom stereocenters. The zero-order valence-electron chi connectivity index (χ0n) is 18.9. The van der Waals surface area contributed by atoms with E-state index >= 15 is 0 Å². The summed E-state index contributed by atoms with van der Waals surface area (Å²) >= 11 is 6.25. The van der Waals surface area contributed by atoms with Crippen LogP contribution in [0.1, 0.15) is 37.5 Å². The van der Waals surface area contributed by atoms with E-state index in [1.807, 2.05) is 25.1 Å². The molecule has 2 amide bonds. The van der Waals surface area contributed by atoms with Crippen LogP contribution in [0.4, 0.5) is 15.8 Å². The molecule has 6 heteroatoms. The van der Waals surface area contributed by atoms with Crippen molar-refractivity contribution in [3.05, 3.63) is 100.0 Å². The van der Waals surface area contributed by atoms with Gasteiger partial charge in [-0.3, -0.25) is 9.59 Å². The summed E-state index contributed by atoms with van der Waals surface area (Å²) in [5, 5.41) is 3.61. The molecule has 33 heavy (non-hydrogen) atoms. The summed E-state index contributed by atoms with van der Waals surface area (Å²) < 4.78 is 13.5. The van der Waals surface area contributed by atoms with Gasteiger partial charge in [-0.2, -0.15) is 0 Å². The smallest absolute Gasteiger partial charge is 0.282 e. The topological polar surface area (TPSA) is 49.4 Å². The fraction of sp³-hybridized carbons (Fsp3) is 0.185. The van der Waals surface area contributed by atoms with Crippen molar-refractivity contribution in [1.82, 2.24) is 0 Å². The van der Waals surface area contributed by atoms with Crippen molar-refractivity contribution in [2.24, 2.45) is 0 Å². The average Bonchev–Trinajstić information content (AvgIpc) is 3.00. The summed E-state index contributed by atoms with van der Waals surface area (Å²) in [4.78, 5) is 28.1. The van der Waals surface area contributed by atoms with Crippen LogP contribution in [0.3, 0.4) is 0 Å². The van der Waals surface area contributed by atoms with Gasteiger partial charge in [-0.05, 0) is 65.4 Å². The Morgan fingerprint density at radius 2 is 1.52 bits per heavy atom. The number of nitrogens with one attached hydrogen (secondary N) is 1. The van der Waals surface area contributed by atoms with Crippen molar-refractivity contribution in [3.8, 4) is 0 Å². The van der Waals surface area contributed by atoms with Crippen molar-refractivity contribution in [2.75, 3.05) is 10.2 Å². The minimum absolute atomic E-state index is 0.0630. The minimum Gasteiger partial charge on any atom is -0.350 e. The second-order valence-corrected chi connectivity index (χ2v) is 9.50. The minimum atomic E-state index is -0.487. The maximum atomic E-state index is 13.5. The van der Waals surface area contributed by atoms with Crippen LogP contribution in [-0.4, -0.2) is 11.8 Å². The monoisotopic (exact) mass is 462 g/mol. The Hall–Kier alpha value is -3.44. The maximum Gasteiger partial charge on any atom is 0.282 e. The molecule has 168 valence electrons. The predicted molar refractivity (Wildman–Crippen MR) is 131 cm³/mol. The average molecular weight is 463 g/mol.